The van der Waals surface area contributed by atoms with E-state index in [0.717, 1.165) is 54.4 Å². The van der Waals surface area contributed by atoms with Gasteiger partial charge in [-0.05, 0) is 63.5 Å². The molecule has 3 aromatic heterocycles. The van der Waals surface area contributed by atoms with Crippen LogP contribution in [0.25, 0.3) is 22.2 Å². The third-order valence-corrected chi connectivity index (χ3v) is 5.71. The second-order valence-corrected chi connectivity index (χ2v) is 8.45. The zero-order valence-electron chi connectivity index (χ0n) is 17.9. The zero-order chi connectivity index (χ0) is 22.0. The summed E-state index contributed by atoms with van der Waals surface area (Å²) in [7, 11) is 0. The first-order valence-electron chi connectivity index (χ1n) is 10.7. The van der Waals surface area contributed by atoms with Crippen molar-refractivity contribution < 1.29 is 9.90 Å². The van der Waals surface area contributed by atoms with Crippen molar-refractivity contribution in [2.45, 2.75) is 58.1 Å². The number of aliphatic hydroxyl groups is 1. The molecule has 0 aliphatic heterocycles. The third kappa shape index (κ3) is 4.92. The highest BCUT2D eigenvalue weighted by Gasteiger charge is 2.38. The largest absolute Gasteiger partial charge is 0.378 e. The van der Waals surface area contributed by atoms with Crippen molar-refractivity contribution in [3.8, 4) is 23.1 Å². The molecule has 0 radical (unpaired) electrons. The monoisotopic (exact) mass is 417 g/mol. The van der Waals surface area contributed by atoms with E-state index in [1.807, 2.05) is 24.5 Å². The predicted molar refractivity (Wildman–Crippen MR) is 120 cm³/mol. The second kappa shape index (κ2) is 8.48. The molecule has 0 spiro atoms. The molecule has 0 aromatic carbocycles. The Morgan fingerprint density at radius 3 is 2.87 bits per heavy atom. The van der Waals surface area contributed by atoms with Gasteiger partial charge in [0.25, 0.3) is 0 Å². The highest BCUT2D eigenvalue weighted by atomic mass is 16.3. The van der Waals surface area contributed by atoms with Crippen molar-refractivity contribution in [3.05, 3.63) is 36.4 Å². The maximum atomic E-state index is 11.2. The number of hydrogen-bond donors (Lipinski definition) is 2. The van der Waals surface area contributed by atoms with E-state index in [0.29, 0.717) is 12.1 Å². The number of rotatable bonds is 7. The summed E-state index contributed by atoms with van der Waals surface area (Å²) in [5, 5.41) is 11.5. The van der Waals surface area contributed by atoms with Gasteiger partial charge in [0.15, 0.2) is 0 Å². The van der Waals surface area contributed by atoms with Crippen LogP contribution >= 0.6 is 0 Å². The molecular weight excluding hydrogens is 390 g/mol. The standard InChI is InChI=1S/C24H27N5O2/c1-16(30)5-3-4-12-29-15-20(21-9-11-26-23(25)28-21)19-13-18(27-14-22(19)29)8-10-24(2,31)17-6-7-17/h9,11,13-15,17,31H,3-7,12H2,1-2H3,(H2,25,26,28). The predicted octanol–water partition coefficient (Wildman–Crippen LogP) is 3.35. The Bertz CT molecular complexity index is 1180. The minimum Gasteiger partial charge on any atom is -0.378 e. The van der Waals surface area contributed by atoms with Gasteiger partial charge in [0.05, 0.1) is 17.4 Å². The van der Waals surface area contributed by atoms with Crippen LogP contribution in [-0.2, 0) is 11.3 Å². The fourth-order valence-electron chi connectivity index (χ4n) is 3.76. The number of Topliss-reactive ketones (excluding diaryl/α,β-unsaturated/α-hetero) is 1. The number of aryl methyl sites for hydroxylation is 1. The van der Waals surface area contributed by atoms with Gasteiger partial charge in [0.2, 0.25) is 5.95 Å². The van der Waals surface area contributed by atoms with Gasteiger partial charge in [0, 0.05) is 36.3 Å². The van der Waals surface area contributed by atoms with E-state index in [4.69, 9.17) is 5.73 Å². The summed E-state index contributed by atoms with van der Waals surface area (Å²) in [6, 6.07) is 3.76. The molecule has 1 fully saturated rings. The lowest BCUT2D eigenvalue weighted by molar-refractivity contribution is -0.117. The van der Waals surface area contributed by atoms with Gasteiger partial charge >= 0.3 is 0 Å². The summed E-state index contributed by atoms with van der Waals surface area (Å²) in [5.41, 5.74) is 8.05. The fourth-order valence-corrected chi connectivity index (χ4v) is 3.76. The molecule has 3 aromatic rings. The number of carbonyl (C=O) groups excluding carboxylic acids is 1. The first kappa shape index (κ1) is 21.0. The summed E-state index contributed by atoms with van der Waals surface area (Å²) in [5.74, 6) is 6.71. The summed E-state index contributed by atoms with van der Waals surface area (Å²) in [4.78, 5) is 24.1. The first-order chi connectivity index (χ1) is 14.8. The van der Waals surface area contributed by atoms with Crippen molar-refractivity contribution in [2.24, 2.45) is 5.92 Å². The number of ketones is 1. The number of hydrogen-bond acceptors (Lipinski definition) is 6. The van der Waals surface area contributed by atoms with Crippen molar-refractivity contribution in [1.29, 1.82) is 0 Å². The smallest absolute Gasteiger partial charge is 0.220 e. The quantitative estimate of drug-likeness (QED) is 0.451. The van der Waals surface area contributed by atoms with E-state index in [1.165, 1.54) is 0 Å². The number of fused-ring (bicyclic) bond motifs is 1. The average molecular weight is 418 g/mol. The summed E-state index contributed by atoms with van der Waals surface area (Å²) >= 11 is 0. The highest BCUT2D eigenvalue weighted by molar-refractivity contribution is 5.95. The van der Waals surface area contributed by atoms with Crippen molar-refractivity contribution in [3.63, 3.8) is 0 Å². The number of nitrogens with two attached hydrogens (primary N) is 1. The van der Waals surface area contributed by atoms with E-state index < -0.39 is 5.60 Å². The van der Waals surface area contributed by atoms with E-state index in [2.05, 4.69) is 31.4 Å². The summed E-state index contributed by atoms with van der Waals surface area (Å²) in [6.07, 6.45) is 9.85. The molecule has 1 saturated carbocycles. The average Bonchev–Trinajstić information content (AvgIpc) is 3.53. The molecule has 1 atom stereocenters. The highest BCUT2D eigenvalue weighted by Crippen LogP contribution is 2.39. The summed E-state index contributed by atoms with van der Waals surface area (Å²) in [6.45, 7) is 4.16. The SMILES string of the molecule is CC(=O)CCCCn1cc(-c2ccnc(N)n2)c2cc(C#CC(C)(O)C3CC3)ncc21. The first-order valence-corrected chi connectivity index (χ1v) is 10.7. The minimum atomic E-state index is -0.983. The van der Waals surface area contributed by atoms with Gasteiger partial charge in [-0.15, -0.1) is 0 Å². The zero-order valence-corrected chi connectivity index (χ0v) is 17.9. The Morgan fingerprint density at radius 1 is 1.35 bits per heavy atom. The lowest BCUT2D eigenvalue weighted by atomic mass is 10.0. The molecular formula is C24H27N5O2. The molecule has 160 valence electrons. The Balaban J connectivity index is 1.70. The molecule has 3 N–H and O–H groups in total. The lowest BCUT2D eigenvalue weighted by Crippen LogP contribution is -2.24. The number of nitrogens with zero attached hydrogens (tertiary/aromatic N) is 4. The number of pyridine rings is 1. The van der Waals surface area contributed by atoms with Crippen LogP contribution in [0.15, 0.2) is 30.7 Å². The molecule has 1 unspecified atom stereocenters. The van der Waals surface area contributed by atoms with E-state index in [9.17, 15) is 9.90 Å². The lowest BCUT2D eigenvalue weighted by Gasteiger charge is -2.14. The number of anilines is 1. The molecule has 0 amide bonds. The van der Waals surface area contributed by atoms with Crippen LogP contribution in [0.4, 0.5) is 5.95 Å². The van der Waals surface area contributed by atoms with Crippen molar-refractivity contribution in [2.75, 3.05) is 5.73 Å². The van der Waals surface area contributed by atoms with Crippen LogP contribution in [0.5, 0.6) is 0 Å². The van der Waals surface area contributed by atoms with E-state index in [-0.39, 0.29) is 17.6 Å². The van der Waals surface area contributed by atoms with Crippen LogP contribution in [0.3, 0.4) is 0 Å². The number of carbonyl (C=O) groups is 1. The molecule has 7 nitrogen and oxygen atoms in total. The van der Waals surface area contributed by atoms with Gasteiger partial charge in [-0.2, -0.15) is 0 Å². The Kier molecular flexibility index (Phi) is 5.75. The number of nitrogen functional groups attached to an aromatic ring is 1. The molecule has 0 bridgehead atoms. The van der Waals surface area contributed by atoms with Crippen LogP contribution in [0.1, 0.15) is 51.6 Å². The fraction of sp³-hybridized carbons (Fsp3) is 0.417. The van der Waals surface area contributed by atoms with E-state index in [1.54, 1.807) is 20.0 Å². The number of unbranched alkanes of at least 4 members (excludes halogenated alkanes) is 1. The normalized spacial score (nSPS) is 15.3. The van der Waals surface area contributed by atoms with Gasteiger partial charge in [-0.25, -0.2) is 15.0 Å². The molecule has 0 saturated heterocycles. The van der Waals surface area contributed by atoms with Crippen LogP contribution < -0.4 is 5.73 Å². The van der Waals surface area contributed by atoms with Gasteiger partial charge in [-0.3, -0.25) is 0 Å². The van der Waals surface area contributed by atoms with Crippen molar-refractivity contribution in [1.82, 2.24) is 19.5 Å². The Hall–Kier alpha value is -3.24. The topological polar surface area (TPSA) is 107 Å². The Labute approximate surface area is 181 Å². The number of aromatic nitrogens is 4. The van der Waals surface area contributed by atoms with Gasteiger partial charge in [0.1, 0.15) is 17.1 Å². The molecule has 1 aliphatic carbocycles. The molecule has 1 aliphatic rings. The van der Waals surface area contributed by atoms with Crippen molar-refractivity contribution >= 4 is 22.6 Å². The molecule has 31 heavy (non-hydrogen) atoms. The van der Waals surface area contributed by atoms with Crippen LogP contribution in [-0.4, -0.2) is 36.0 Å². The van der Waals surface area contributed by atoms with Crippen LogP contribution in [0.2, 0.25) is 0 Å². The molecule has 7 heteroatoms. The maximum Gasteiger partial charge on any atom is 0.220 e. The minimum absolute atomic E-state index is 0.210. The molecule has 3 heterocycles. The summed E-state index contributed by atoms with van der Waals surface area (Å²) < 4.78 is 2.13. The van der Waals surface area contributed by atoms with Gasteiger partial charge < -0.3 is 20.2 Å². The van der Waals surface area contributed by atoms with Crippen LogP contribution in [0, 0.1) is 17.8 Å². The molecule has 4 rings (SSSR count). The third-order valence-electron chi connectivity index (χ3n) is 5.71. The van der Waals surface area contributed by atoms with E-state index >= 15 is 0 Å². The second-order valence-electron chi connectivity index (χ2n) is 8.45. The maximum absolute atomic E-state index is 11.2. The van der Waals surface area contributed by atoms with Gasteiger partial charge in [-0.1, -0.05) is 5.92 Å². The Morgan fingerprint density at radius 2 is 2.16 bits per heavy atom.